The smallest absolute Gasteiger partial charge is 0.324 e. The molecule has 3 unspecified atom stereocenters. The first-order chi connectivity index (χ1) is 31.2. The van der Waals surface area contributed by atoms with Gasteiger partial charge in [-0.05, 0) is 111 Å². The third-order valence-electron chi connectivity index (χ3n) is 13.8. The Hall–Kier alpha value is -5.86. The summed E-state index contributed by atoms with van der Waals surface area (Å²) in [5, 5.41) is 5.63. The fraction of sp³-hybridized carbons (Fsp3) is 0.490. The number of likely N-dealkylation sites (N-methyl/N-ethyl adjacent to an activating group) is 1. The van der Waals surface area contributed by atoms with Gasteiger partial charge in [0.05, 0.1) is 30.0 Å². The molecule has 4 aromatic rings. The SMILES string of the molecule is C=CC(=O)N1CC[C@H](C(=O)N(C)C(C(=O)NC2Cc3cccc(c3)-c3ccc4c(c3)c(c(-c3cccnc3C(C)OC)n4CC)CC(C)(C)COC(=O)[C@@H]3CCCN(N3)C2=O)C2CC2)C1. The Bertz CT molecular complexity index is 2490. The van der Waals surface area contributed by atoms with Crippen LogP contribution in [0.4, 0.5) is 0 Å². The first kappa shape index (κ1) is 45.7. The molecule has 14 nitrogen and oxygen atoms in total. The molecular formula is C51H63N7O7. The summed E-state index contributed by atoms with van der Waals surface area (Å²) in [5.41, 5.74) is 10.5. The number of amides is 4. The Morgan fingerprint density at radius 1 is 1.06 bits per heavy atom. The van der Waals surface area contributed by atoms with E-state index >= 15 is 0 Å². The second kappa shape index (κ2) is 18.9. The van der Waals surface area contributed by atoms with E-state index in [-0.39, 0.29) is 49.3 Å². The predicted molar refractivity (Wildman–Crippen MR) is 248 cm³/mol. The van der Waals surface area contributed by atoms with E-state index in [9.17, 15) is 24.0 Å². The number of ether oxygens (including phenoxy) is 2. The third-order valence-corrected chi connectivity index (χ3v) is 13.8. The highest BCUT2D eigenvalue weighted by Gasteiger charge is 2.45. The number of likely N-dealkylation sites (tertiary alicyclic amines) is 1. The number of fused-ring (bicyclic) bond motifs is 6. The average molecular weight is 886 g/mol. The third kappa shape index (κ3) is 9.46. The summed E-state index contributed by atoms with van der Waals surface area (Å²) in [6, 6.07) is 16.1. The van der Waals surface area contributed by atoms with E-state index in [2.05, 4.69) is 79.1 Å². The number of nitrogens with one attached hydrogen (secondary N) is 2. The van der Waals surface area contributed by atoms with E-state index in [1.54, 1.807) is 25.3 Å². The van der Waals surface area contributed by atoms with Gasteiger partial charge in [0.25, 0.3) is 5.91 Å². The van der Waals surface area contributed by atoms with Crippen molar-refractivity contribution in [3.8, 4) is 22.4 Å². The normalized spacial score (nSPS) is 22.2. The zero-order chi connectivity index (χ0) is 46.2. The Kier molecular flexibility index (Phi) is 13.3. The first-order valence-corrected chi connectivity index (χ1v) is 23.2. The van der Waals surface area contributed by atoms with E-state index in [0.29, 0.717) is 45.3 Å². The molecule has 2 N–H and O–H groups in total. The van der Waals surface area contributed by atoms with Crippen LogP contribution in [0.2, 0.25) is 0 Å². The second-order valence-corrected chi connectivity index (χ2v) is 19.1. The lowest BCUT2D eigenvalue weighted by Gasteiger charge is -2.36. The molecule has 2 aromatic heterocycles. The van der Waals surface area contributed by atoms with Crippen LogP contribution in [-0.4, -0.2) is 112 Å². The van der Waals surface area contributed by atoms with Gasteiger partial charge in [0, 0.05) is 74.8 Å². The van der Waals surface area contributed by atoms with Gasteiger partial charge < -0.3 is 29.2 Å². The van der Waals surface area contributed by atoms with Gasteiger partial charge in [-0.2, -0.15) is 0 Å². The van der Waals surface area contributed by atoms with Gasteiger partial charge in [-0.15, -0.1) is 0 Å². The second-order valence-electron chi connectivity index (χ2n) is 19.1. The summed E-state index contributed by atoms with van der Waals surface area (Å²) >= 11 is 0. The largest absolute Gasteiger partial charge is 0.464 e. The van der Waals surface area contributed by atoms with Gasteiger partial charge in [-0.3, -0.25) is 34.0 Å². The van der Waals surface area contributed by atoms with E-state index in [1.165, 1.54) is 16.0 Å². The van der Waals surface area contributed by atoms with Crippen molar-refractivity contribution < 1.29 is 33.4 Å². The molecule has 0 spiro atoms. The number of esters is 1. The molecule has 3 aliphatic heterocycles. The Morgan fingerprint density at radius 2 is 1.85 bits per heavy atom. The lowest BCUT2D eigenvalue weighted by molar-refractivity contribution is -0.155. The molecule has 1 aliphatic carbocycles. The van der Waals surface area contributed by atoms with Crippen molar-refractivity contribution in [3.05, 3.63) is 90.3 Å². The maximum atomic E-state index is 14.7. The average Bonchev–Trinajstić information content (AvgIpc) is 3.94. The standard InChI is InChI=1S/C51H63N7O7/c1-8-43(59)56-24-21-36(29-56)48(61)55(6)45(33-17-18-33)47(60)53-41-26-32-13-10-14-34(25-32)35-19-20-42-38(27-35)39(46(57(42)9-2)37-15-11-22-52-44(37)31(3)64-7)28-51(4,5)30-65-50(63)40-16-12-23-58(54-40)49(41)62/h8,10-11,13-15,19-20,22,25,27,31,33,36,40-41,45,54H,1,9,12,16-18,21,23-24,26,28-30H2,2-7H3,(H,53,60)/t31?,36-,40-,41?,45?/m0/s1. The number of hydrazine groups is 1. The van der Waals surface area contributed by atoms with Crippen molar-refractivity contribution in [1.82, 2.24) is 35.1 Å². The number of carbonyl (C=O) groups is 5. The molecule has 14 heteroatoms. The molecule has 6 bridgehead atoms. The van der Waals surface area contributed by atoms with E-state index < -0.39 is 41.3 Å². The topological polar surface area (TPSA) is 155 Å². The molecule has 65 heavy (non-hydrogen) atoms. The van der Waals surface area contributed by atoms with Crippen LogP contribution < -0.4 is 10.7 Å². The van der Waals surface area contributed by atoms with Crippen LogP contribution in [0.3, 0.4) is 0 Å². The Morgan fingerprint density at radius 3 is 2.58 bits per heavy atom. The molecule has 5 atom stereocenters. The summed E-state index contributed by atoms with van der Waals surface area (Å²) in [6.07, 6.45) is 6.66. The van der Waals surface area contributed by atoms with Gasteiger partial charge in [0.2, 0.25) is 17.7 Å². The number of rotatable bonds is 10. The number of pyridine rings is 1. The molecule has 2 aromatic carbocycles. The van der Waals surface area contributed by atoms with Gasteiger partial charge >= 0.3 is 5.97 Å². The van der Waals surface area contributed by atoms with Crippen LogP contribution >= 0.6 is 0 Å². The lowest BCUT2D eigenvalue weighted by atomic mass is 9.84. The van der Waals surface area contributed by atoms with Crippen LogP contribution in [0, 0.1) is 17.3 Å². The highest BCUT2D eigenvalue weighted by molar-refractivity contribution is 5.96. The monoisotopic (exact) mass is 885 g/mol. The zero-order valence-electron chi connectivity index (χ0n) is 38.6. The minimum Gasteiger partial charge on any atom is -0.464 e. The molecule has 0 radical (unpaired) electrons. The Balaban J connectivity index is 1.18. The highest BCUT2D eigenvalue weighted by atomic mass is 16.5. The number of methoxy groups -OCH3 is 1. The number of benzene rings is 2. The number of hydrogen-bond donors (Lipinski definition) is 2. The fourth-order valence-corrected chi connectivity index (χ4v) is 10.1. The highest BCUT2D eigenvalue weighted by Crippen LogP contribution is 2.42. The predicted octanol–water partition coefficient (Wildman–Crippen LogP) is 6.02. The summed E-state index contributed by atoms with van der Waals surface area (Å²) in [5.74, 6) is -2.14. The van der Waals surface area contributed by atoms with Crippen LogP contribution in [0.1, 0.15) is 82.7 Å². The molecule has 344 valence electrons. The lowest BCUT2D eigenvalue weighted by Crippen LogP contribution is -2.62. The summed E-state index contributed by atoms with van der Waals surface area (Å²) in [4.78, 5) is 77.3. The number of hydrogen-bond acceptors (Lipinski definition) is 9. The minimum absolute atomic E-state index is 0.0542. The number of aryl methyl sites for hydroxylation is 1. The molecule has 4 aliphatic rings. The fourth-order valence-electron chi connectivity index (χ4n) is 10.1. The van der Waals surface area contributed by atoms with Crippen molar-refractivity contribution in [3.63, 3.8) is 0 Å². The van der Waals surface area contributed by atoms with Crippen molar-refractivity contribution in [2.75, 3.05) is 40.4 Å². The van der Waals surface area contributed by atoms with Gasteiger partial charge in [-0.25, -0.2) is 5.43 Å². The van der Waals surface area contributed by atoms with Gasteiger partial charge in [-0.1, -0.05) is 50.8 Å². The van der Waals surface area contributed by atoms with Crippen molar-refractivity contribution >= 4 is 40.5 Å². The van der Waals surface area contributed by atoms with Crippen LogP contribution in [0.25, 0.3) is 33.3 Å². The summed E-state index contributed by atoms with van der Waals surface area (Å²) in [7, 11) is 3.34. The molecule has 5 heterocycles. The zero-order valence-corrected chi connectivity index (χ0v) is 38.6. The molecular weight excluding hydrogens is 823 g/mol. The summed E-state index contributed by atoms with van der Waals surface area (Å²) < 4.78 is 14.3. The number of aromatic nitrogens is 2. The van der Waals surface area contributed by atoms with Gasteiger partial charge in [0.1, 0.15) is 18.1 Å². The molecule has 8 rings (SSSR count). The van der Waals surface area contributed by atoms with Crippen LogP contribution in [-0.2, 0) is 52.8 Å². The first-order valence-electron chi connectivity index (χ1n) is 23.2. The maximum absolute atomic E-state index is 14.7. The minimum atomic E-state index is -1.02. The molecule has 1 saturated carbocycles. The molecule has 2 saturated heterocycles. The molecule has 3 fully saturated rings. The van der Waals surface area contributed by atoms with Crippen molar-refractivity contribution in [2.24, 2.45) is 17.3 Å². The van der Waals surface area contributed by atoms with Crippen molar-refractivity contribution in [2.45, 2.75) is 103 Å². The van der Waals surface area contributed by atoms with Crippen LogP contribution in [0.15, 0.2) is 73.4 Å². The van der Waals surface area contributed by atoms with Crippen molar-refractivity contribution in [1.29, 1.82) is 0 Å². The Labute approximate surface area is 381 Å². The number of carbonyl (C=O) groups excluding carboxylic acids is 5. The maximum Gasteiger partial charge on any atom is 0.324 e. The summed E-state index contributed by atoms with van der Waals surface area (Å²) in [6.45, 7) is 13.8. The molecule has 4 amide bonds. The van der Waals surface area contributed by atoms with E-state index in [1.807, 2.05) is 25.1 Å². The van der Waals surface area contributed by atoms with E-state index in [0.717, 1.165) is 62.9 Å². The number of cyclic esters (lactones) is 1. The van der Waals surface area contributed by atoms with E-state index in [4.69, 9.17) is 14.5 Å². The van der Waals surface area contributed by atoms with Crippen LogP contribution in [0.5, 0.6) is 0 Å². The van der Waals surface area contributed by atoms with Gasteiger partial charge in [0.15, 0.2) is 0 Å². The number of nitrogens with zero attached hydrogens (tertiary/aromatic N) is 5. The quantitative estimate of drug-likeness (QED) is 0.144.